The van der Waals surface area contributed by atoms with E-state index in [1.165, 1.54) is 19.0 Å². The number of hydrogen-bond donors (Lipinski definition) is 7. The molecule has 41 heavy (non-hydrogen) atoms. The lowest BCUT2D eigenvalue weighted by Crippen LogP contribution is -2.63. The number of Topliss-reactive ketones (excluding diaryl/α,β-unsaturated/α-hetero) is 1. The lowest BCUT2D eigenvalue weighted by Gasteiger charge is -2.52. The van der Waals surface area contributed by atoms with Gasteiger partial charge in [0.15, 0.2) is 11.4 Å². The molecule has 8 N–H and O–H groups in total. The second-order valence-corrected chi connectivity index (χ2v) is 12.4. The summed E-state index contributed by atoms with van der Waals surface area (Å²) in [6.45, 7) is 1.86. The van der Waals surface area contributed by atoms with Crippen molar-refractivity contribution in [3.8, 4) is 0 Å². The molecule has 10 nitrogen and oxygen atoms in total. The van der Waals surface area contributed by atoms with Crippen molar-refractivity contribution in [2.24, 2.45) is 23.5 Å². The topological polar surface area (TPSA) is 180 Å². The summed E-state index contributed by atoms with van der Waals surface area (Å²) in [6, 6.07) is -1.14. The van der Waals surface area contributed by atoms with E-state index in [1.807, 2.05) is 6.92 Å². The molecule has 0 aromatic carbocycles. The van der Waals surface area contributed by atoms with Crippen LogP contribution in [0, 0.1) is 23.2 Å². The summed E-state index contributed by atoms with van der Waals surface area (Å²) >= 11 is 0. The zero-order valence-corrected chi connectivity index (χ0v) is 23.0. The maximum atomic E-state index is 14.6. The lowest BCUT2D eigenvalue weighted by atomic mass is 9.57. The number of carbonyl (C=O) groups excluding carboxylic acids is 2. The van der Waals surface area contributed by atoms with E-state index < -0.39 is 93.4 Å². The van der Waals surface area contributed by atoms with Crippen LogP contribution >= 0.6 is 0 Å². The molecule has 1 unspecified atom stereocenters. The van der Waals surface area contributed by atoms with Crippen LogP contribution in [0.2, 0.25) is 0 Å². The third-order valence-corrected chi connectivity index (χ3v) is 9.68. The number of alkyl halides is 3. The van der Waals surface area contributed by atoms with Crippen LogP contribution in [-0.4, -0.2) is 86.7 Å². The highest BCUT2D eigenvalue weighted by molar-refractivity contribution is 6.25. The minimum atomic E-state index is -4.80. The van der Waals surface area contributed by atoms with Crippen LogP contribution in [-0.2, 0) is 9.59 Å². The van der Waals surface area contributed by atoms with Crippen molar-refractivity contribution >= 4 is 17.4 Å². The molecule has 5 aliphatic rings. The van der Waals surface area contributed by atoms with Gasteiger partial charge in [-0.3, -0.25) is 14.5 Å². The molecule has 1 saturated carbocycles. The van der Waals surface area contributed by atoms with E-state index in [1.54, 1.807) is 0 Å². The molecule has 0 aliphatic heterocycles. The summed E-state index contributed by atoms with van der Waals surface area (Å²) < 4.78 is 43.9. The van der Waals surface area contributed by atoms with Crippen LogP contribution in [0.1, 0.15) is 45.4 Å². The Labute approximate surface area is 234 Å². The first-order valence-corrected chi connectivity index (χ1v) is 13.6. The number of aliphatic hydroxyl groups is 4. The van der Waals surface area contributed by atoms with E-state index >= 15 is 0 Å². The number of likely N-dealkylation sites (N-methyl/N-ethyl adjacent to an activating group) is 1. The fraction of sp³-hybridized carbons (Fsp3) is 0.607. The maximum absolute atomic E-state index is 14.6. The summed E-state index contributed by atoms with van der Waals surface area (Å²) in [4.78, 5) is 26.9. The van der Waals surface area contributed by atoms with Crippen molar-refractivity contribution in [1.82, 2.24) is 10.2 Å². The fourth-order valence-electron chi connectivity index (χ4n) is 7.51. The zero-order chi connectivity index (χ0) is 30.4. The van der Waals surface area contributed by atoms with E-state index in [0.717, 1.165) is 19.3 Å². The van der Waals surface area contributed by atoms with Crippen LogP contribution in [0.25, 0.3) is 0 Å². The third kappa shape index (κ3) is 4.23. The number of nitrogens with two attached hydrogens (primary N) is 1. The van der Waals surface area contributed by atoms with Gasteiger partial charge in [0, 0.05) is 41.5 Å². The quantitative estimate of drug-likeness (QED) is 0.259. The highest BCUT2D eigenvalue weighted by Crippen LogP contribution is 2.56. The Morgan fingerprint density at radius 2 is 1.83 bits per heavy atom. The molecular formula is C28H35F3N4O6. The van der Waals surface area contributed by atoms with Gasteiger partial charge in [0.2, 0.25) is 0 Å². The number of nitrogens with zero attached hydrogens (tertiary/aromatic N) is 1. The van der Waals surface area contributed by atoms with Crippen LogP contribution in [0.15, 0.2) is 45.1 Å². The van der Waals surface area contributed by atoms with Gasteiger partial charge in [0.05, 0.1) is 17.3 Å². The van der Waals surface area contributed by atoms with Gasteiger partial charge >= 0.3 is 6.18 Å². The van der Waals surface area contributed by atoms with Crippen LogP contribution < -0.4 is 11.1 Å². The van der Waals surface area contributed by atoms with Gasteiger partial charge in [-0.1, -0.05) is 0 Å². The summed E-state index contributed by atoms with van der Waals surface area (Å²) in [6.07, 6.45) is -3.25. The Hall–Kier alpha value is -3.16. The Bertz CT molecular complexity index is 1370. The van der Waals surface area contributed by atoms with E-state index in [2.05, 4.69) is 5.32 Å². The molecule has 0 heterocycles. The Kier molecular flexibility index (Phi) is 6.75. The molecule has 0 saturated heterocycles. The van der Waals surface area contributed by atoms with Crippen LogP contribution in [0.4, 0.5) is 13.2 Å². The minimum Gasteiger partial charge on any atom is -0.510 e. The lowest BCUT2D eigenvalue weighted by molar-refractivity contribution is -0.120. The molecule has 0 spiro atoms. The number of rotatable bonds is 5. The van der Waals surface area contributed by atoms with Crippen molar-refractivity contribution in [2.75, 3.05) is 20.6 Å². The number of primary amides is 1. The highest BCUT2D eigenvalue weighted by atomic mass is 19.4. The van der Waals surface area contributed by atoms with Crippen molar-refractivity contribution in [1.29, 1.82) is 5.41 Å². The second kappa shape index (κ2) is 9.43. The predicted molar refractivity (Wildman–Crippen MR) is 141 cm³/mol. The van der Waals surface area contributed by atoms with Gasteiger partial charge in [-0.2, -0.15) is 13.2 Å². The Morgan fingerprint density at radius 1 is 1.20 bits per heavy atom. The van der Waals surface area contributed by atoms with Crippen LogP contribution in [0.5, 0.6) is 0 Å². The van der Waals surface area contributed by atoms with Crippen LogP contribution in [0.3, 0.4) is 0 Å². The van der Waals surface area contributed by atoms with E-state index in [0.29, 0.717) is 0 Å². The first kappa shape index (κ1) is 29.3. The number of amides is 1. The van der Waals surface area contributed by atoms with Gasteiger partial charge in [0.25, 0.3) is 5.91 Å². The molecule has 13 heteroatoms. The van der Waals surface area contributed by atoms with Gasteiger partial charge in [0.1, 0.15) is 22.9 Å². The van der Waals surface area contributed by atoms with Gasteiger partial charge in [-0.05, 0) is 64.6 Å². The van der Waals surface area contributed by atoms with Crippen molar-refractivity contribution < 1.29 is 43.2 Å². The summed E-state index contributed by atoms with van der Waals surface area (Å²) in [7, 11) is 3.04. The average molecular weight is 581 g/mol. The number of fused-ring (bicyclic) bond motifs is 3. The smallest absolute Gasteiger partial charge is 0.413 e. The fourth-order valence-corrected chi connectivity index (χ4v) is 7.51. The Balaban J connectivity index is 1.68. The number of nitrogens with one attached hydrogen (secondary N) is 2. The summed E-state index contributed by atoms with van der Waals surface area (Å²) in [5, 5.41) is 57.1. The number of hydrogen-bond acceptors (Lipinski definition) is 9. The molecule has 5 aliphatic carbocycles. The third-order valence-electron chi connectivity index (χ3n) is 9.68. The largest absolute Gasteiger partial charge is 0.510 e. The van der Waals surface area contributed by atoms with E-state index in [4.69, 9.17) is 11.1 Å². The molecule has 1 fully saturated rings. The zero-order valence-electron chi connectivity index (χ0n) is 23.0. The number of carbonyl (C=O) groups is 2. The monoisotopic (exact) mass is 580 g/mol. The van der Waals surface area contributed by atoms with Crippen molar-refractivity contribution in [2.45, 2.75) is 68.8 Å². The molecule has 0 aromatic rings. The number of halogens is 3. The highest BCUT2D eigenvalue weighted by Gasteiger charge is 2.62. The molecule has 0 aromatic heterocycles. The molecule has 224 valence electrons. The van der Waals surface area contributed by atoms with E-state index in [-0.39, 0.29) is 36.1 Å². The molecule has 0 radical (unpaired) electrons. The molecule has 1 amide bonds. The summed E-state index contributed by atoms with van der Waals surface area (Å²) in [5.74, 6) is -7.73. The first-order valence-electron chi connectivity index (χ1n) is 13.6. The number of ketones is 1. The van der Waals surface area contributed by atoms with E-state index in [9.17, 15) is 43.2 Å². The minimum absolute atomic E-state index is 0.0654. The summed E-state index contributed by atoms with van der Waals surface area (Å²) in [5.41, 5.74) is -1.25. The molecule has 5 atom stereocenters. The molecule has 0 bridgehead atoms. The SMILES string of the molecule is CN(C)[C@@H]1C(O)=C(C(N)=O)C(=N)[C@@]2(O)C(O)=C3C(O)=C4C(=O)CC(CNC5(C)CCC5)C(C(F)(F)F)=C4C[C@H]3C[C@@H]12. The molecular weight excluding hydrogens is 545 g/mol. The van der Waals surface area contributed by atoms with Gasteiger partial charge < -0.3 is 36.9 Å². The first-order chi connectivity index (χ1) is 18.9. The standard InChI is InChI=1S/C28H35F3N4O6/c1-26(5-4-6-26)34-10-12-9-15(36)17-13(19(12)28(29,30)31)7-11-8-14-20(35(2)3)22(38)18(25(33)40)23(32)27(14,41)24(39)16(11)21(17)37/h11-12,14,20,32,34,37-39,41H,4-10H2,1-3H3,(H2,33,40)/t11-,12?,14-,20-,27+/m0/s1. The normalized spacial score (nSPS) is 33.6. The van der Waals surface area contributed by atoms with Gasteiger partial charge in [-0.15, -0.1) is 0 Å². The van der Waals surface area contributed by atoms with Crippen molar-refractivity contribution in [3.63, 3.8) is 0 Å². The van der Waals surface area contributed by atoms with Gasteiger partial charge in [-0.25, -0.2) is 0 Å². The number of aliphatic hydroxyl groups excluding tert-OH is 3. The number of allylic oxidation sites excluding steroid dienone is 3. The average Bonchev–Trinajstić information content (AvgIpc) is 2.82. The molecule has 5 rings (SSSR count). The Morgan fingerprint density at radius 3 is 2.34 bits per heavy atom. The maximum Gasteiger partial charge on any atom is 0.413 e. The second-order valence-electron chi connectivity index (χ2n) is 12.4. The predicted octanol–water partition coefficient (Wildman–Crippen LogP) is 2.62. The van der Waals surface area contributed by atoms with Crippen molar-refractivity contribution in [3.05, 3.63) is 45.1 Å².